The number of thiazole rings is 1. The van der Waals surface area contributed by atoms with E-state index in [1.807, 2.05) is 0 Å². The van der Waals surface area contributed by atoms with Crippen molar-refractivity contribution in [3.8, 4) is 5.75 Å². The first kappa shape index (κ1) is 15.4. The first-order chi connectivity index (χ1) is 9.33. The molecular weight excluding hydrogens is 343 g/mol. The lowest BCUT2D eigenvalue weighted by Crippen LogP contribution is -2.13. The third kappa shape index (κ3) is 3.17. The van der Waals surface area contributed by atoms with E-state index in [-0.39, 0.29) is 14.4 Å². The fourth-order valence-electron chi connectivity index (χ4n) is 1.55. The molecule has 0 spiro atoms. The number of benzene rings is 1. The molecule has 0 aliphatic carbocycles. The molecule has 0 saturated carbocycles. The van der Waals surface area contributed by atoms with Crippen molar-refractivity contribution in [1.82, 2.24) is 4.98 Å². The van der Waals surface area contributed by atoms with Gasteiger partial charge >= 0.3 is 0 Å². The van der Waals surface area contributed by atoms with Crippen LogP contribution in [0.15, 0.2) is 22.4 Å². The Labute approximate surface area is 130 Å². The molecule has 0 unspecified atom stereocenters. The molecule has 0 aliphatic rings. The zero-order valence-corrected chi connectivity index (χ0v) is 13.6. The molecule has 1 N–H and O–H groups in total. The van der Waals surface area contributed by atoms with Crippen molar-refractivity contribution in [2.45, 2.75) is 11.1 Å². The zero-order chi connectivity index (χ0) is 14.9. The second-order valence-electron chi connectivity index (χ2n) is 3.79. The molecule has 2 aromatic rings. The molecule has 0 fully saturated rings. The summed E-state index contributed by atoms with van der Waals surface area (Å²) in [5.41, 5.74) is 0.595. The van der Waals surface area contributed by atoms with Gasteiger partial charge in [0.25, 0.3) is 10.0 Å². The van der Waals surface area contributed by atoms with Gasteiger partial charge in [-0.05, 0) is 25.1 Å². The van der Waals surface area contributed by atoms with Crippen LogP contribution in [0.1, 0.15) is 5.69 Å². The lowest BCUT2D eigenvalue weighted by molar-refractivity contribution is 0.417. The van der Waals surface area contributed by atoms with Gasteiger partial charge in [-0.25, -0.2) is 13.4 Å². The zero-order valence-electron chi connectivity index (χ0n) is 10.5. The molecule has 108 valence electrons. The van der Waals surface area contributed by atoms with Crippen molar-refractivity contribution in [2.24, 2.45) is 0 Å². The maximum Gasteiger partial charge on any atom is 0.273 e. The highest BCUT2D eigenvalue weighted by atomic mass is 35.5. The van der Waals surface area contributed by atoms with E-state index >= 15 is 0 Å². The molecule has 2 rings (SSSR count). The van der Waals surface area contributed by atoms with Crippen LogP contribution in [0.3, 0.4) is 0 Å². The smallest absolute Gasteiger partial charge is 0.273 e. The van der Waals surface area contributed by atoms with Crippen LogP contribution in [0.4, 0.5) is 5.69 Å². The summed E-state index contributed by atoms with van der Waals surface area (Å²) in [6.07, 6.45) is 0. The Balaban J connectivity index is 2.43. The summed E-state index contributed by atoms with van der Waals surface area (Å²) in [6.45, 7) is 1.58. The number of hydrogen-bond donors (Lipinski definition) is 1. The molecule has 0 aliphatic heterocycles. The van der Waals surface area contributed by atoms with Crippen molar-refractivity contribution < 1.29 is 13.2 Å². The quantitative estimate of drug-likeness (QED) is 0.913. The Morgan fingerprint density at radius 2 is 2.05 bits per heavy atom. The van der Waals surface area contributed by atoms with Crippen LogP contribution in [-0.2, 0) is 10.0 Å². The van der Waals surface area contributed by atoms with Gasteiger partial charge in [-0.2, -0.15) is 0 Å². The summed E-state index contributed by atoms with van der Waals surface area (Å²) < 4.78 is 32.4. The summed E-state index contributed by atoms with van der Waals surface area (Å²) in [6, 6.07) is 4.65. The van der Waals surface area contributed by atoms with Crippen molar-refractivity contribution in [3.63, 3.8) is 0 Å². The van der Waals surface area contributed by atoms with Crippen molar-refractivity contribution in [2.75, 3.05) is 11.8 Å². The van der Waals surface area contributed by atoms with Crippen molar-refractivity contribution >= 4 is 50.2 Å². The lowest BCUT2D eigenvalue weighted by atomic mass is 10.3. The predicted octanol–water partition coefficient (Wildman–Crippen LogP) is 3.57. The van der Waals surface area contributed by atoms with Gasteiger partial charge in [-0.15, -0.1) is 0 Å². The van der Waals surface area contributed by atoms with Crippen LogP contribution < -0.4 is 9.46 Å². The van der Waals surface area contributed by atoms with E-state index in [4.69, 9.17) is 27.9 Å². The van der Waals surface area contributed by atoms with Gasteiger partial charge in [-0.3, -0.25) is 4.72 Å². The van der Waals surface area contributed by atoms with Crippen molar-refractivity contribution in [1.29, 1.82) is 0 Å². The van der Waals surface area contributed by atoms with Crippen LogP contribution in [0.25, 0.3) is 0 Å². The van der Waals surface area contributed by atoms with Gasteiger partial charge < -0.3 is 4.74 Å². The Hall–Kier alpha value is -1.02. The molecule has 0 atom stereocenters. The van der Waals surface area contributed by atoms with Crippen molar-refractivity contribution in [3.05, 3.63) is 33.4 Å². The maximum absolute atomic E-state index is 12.3. The summed E-state index contributed by atoms with van der Waals surface area (Å²) in [5.74, 6) is 0.367. The number of halogens is 2. The molecule has 1 aromatic carbocycles. The molecule has 9 heteroatoms. The third-order valence-corrected chi connectivity index (χ3v) is 5.85. The predicted molar refractivity (Wildman–Crippen MR) is 80.7 cm³/mol. The highest BCUT2D eigenvalue weighted by Crippen LogP contribution is 2.32. The average molecular weight is 353 g/mol. The number of hydrogen-bond acceptors (Lipinski definition) is 5. The number of methoxy groups -OCH3 is 1. The standard InChI is InChI=1S/C11H10Cl2N2O3S2/c1-6-10(19-11(13)14-6)20(16,17)15-8-5-7(12)3-4-9(8)18-2/h3-5,15H,1-2H3. The number of anilines is 1. The van der Waals surface area contributed by atoms with Crippen LogP contribution in [-0.4, -0.2) is 20.5 Å². The van der Waals surface area contributed by atoms with Gasteiger partial charge in [0.1, 0.15) is 5.75 Å². The van der Waals surface area contributed by atoms with Gasteiger partial charge in [0, 0.05) is 5.02 Å². The molecular formula is C11H10Cl2N2O3S2. The van der Waals surface area contributed by atoms with E-state index in [1.54, 1.807) is 19.1 Å². The number of rotatable bonds is 4. The fraction of sp³-hybridized carbons (Fsp3) is 0.182. The van der Waals surface area contributed by atoms with Gasteiger partial charge in [-0.1, -0.05) is 34.5 Å². The lowest BCUT2D eigenvalue weighted by Gasteiger charge is -2.11. The normalized spacial score (nSPS) is 11.4. The molecule has 5 nitrogen and oxygen atoms in total. The summed E-state index contributed by atoms with van der Waals surface area (Å²) in [5, 5.41) is 0.391. The summed E-state index contributed by atoms with van der Waals surface area (Å²) in [4.78, 5) is 3.89. The Morgan fingerprint density at radius 3 is 2.60 bits per heavy atom. The largest absolute Gasteiger partial charge is 0.495 e. The number of nitrogens with zero attached hydrogens (tertiary/aromatic N) is 1. The first-order valence-corrected chi connectivity index (χ1v) is 8.38. The minimum Gasteiger partial charge on any atom is -0.495 e. The molecule has 1 aromatic heterocycles. The number of aryl methyl sites for hydroxylation is 1. The minimum absolute atomic E-state index is 0.0597. The van der Waals surface area contributed by atoms with Gasteiger partial charge in [0.2, 0.25) is 0 Å². The second kappa shape index (κ2) is 5.77. The molecule has 1 heterocycles. The van der Waals surface area contributed by atoms with Crippen LogP contribution in [0.2, 0.25) is 9.49 Å². The SMILES string of the molecule is COc1ccc(Cl)cc1NS(=O)(=O)c1sc(Cl)nc1C. The van der Waals surface area contributed by atoms with E-state index < -0.39 is 10.0 Å². The number of nitrogens with one attached hydrogen (secondary N) is 1. The van der Waals surface area contributed by atoms with E-state index in [9.17, 15) is 8.42 Å². The van der Waals surface area contributed by atoms with Crippen LogP contribution in [0, 0.1) is 6.92 Å². The molecule has 20 heavy (non-hydrogen) atoms. The number of sulfonamides is 1. The molecule has 0 saturated heterocycles. The van der Waals surface area contributed by atoms with E-state index in [1.165, 1.54) is 13.2 Å². The Morgan fingerprint density at radius 1 is 1.35 bits per heavy atom. The van der Waals surface area contributed by atoms with Gasteiger partial charge in [0.05, 0.1) is 18.5 Å². The maximum atomic E-state index is 12.3. The van der Waals surface area contributed by atoms with Gasteiger partial charge in [0.15, 0.2) is 8.68 Å². The third-order valence-electron chi connectivity index (χ3n) is 2.38. The Bertz CT molecular complexity index is 744. The topological polar surface area (TPSA) is 68.3 Å². The average Bonchev–Trinajstić information content (AvgIpc) is 2.69. The second-order valence-corrected chi connectivity index (χ2v) is 7.69. The highest BCUT2D eigenvalue weighted by molar-refractivity contribution is 7.94. The summed E-state index contributed by atoms with van der Waals surface area (Å²) >= 11 is 12.5. The summed E-state index contributed by atoms with van der Waals surface area (Å²) in [7, 11) is -2.35. The molecule has 0 radical (unpaired) electrons. The Kier molecular flexibility index (Phi) is 4.43. The van der Waals surface area contributed by atoms with E-state index in [0.717, 1.165) is 11.3 Å². The number of aromatic nitrogens is 1. The van der Waals surface area contributed by atoms with Crippen LogP contribution >= 0.6 is 34.5 Å². The first-order valence-electron chi connectivity index (χ1n) is 5.33. The minimum atomic E-state index is -3.79. The van der Waals surface area contributed by atoms with E-state index in [2.05, 4.69) is 9.71 Å². The highest BCUT2D eigenvalue weighted by Gasteiger charge is 2.23. The van der Waals surface area contributed by atoms with E-state index in [0.29, 0.717) is 16.5 Å². The molecule has 0 amide bonds. The van der Waals surface area contributed by atoms with Crippen LogP contribution in [0.5, 0.6) is 5.75 Å². The fourth-order valence-corrected chi connectivity index (χ4v) is 4.52. The number of ether oxygens (including phenoxy) is 1. The molecule has 0 bridgehead atoms. The monoisotopic (exact) mass is 352 g/mol.